The highest BCUT2D eigenvalue weighted by Crippen LogP contribution is 2.28. The largest absolute Gasteiger partial charge is 0.395 e. The van der Waals surface area contributed by atoms with Crippen LogP contribution < -0.4 is 10.2 Å². The number of nitrogens with zero attached hydrogens (tertiary/aromatic N) is 2. The molecule has 0 saturated carbocycles. The number of ketones is 1. The van der Waals surface area contributed by atoms with Crippen molar-refractivity contribution in [2.75, 3.05) is 24.6 Å². The van der Waals surface area contributed by atoms with E-state index in [1.807, 2.05) is 57.2 Å². The first-order valence-electron chi connectivity index (χ1n) is 10.7. The van der Waals surface area contributed by atoms with Crippen LogP contribution in [0, 0.1) is 6.92 Å². The Morgan fingerprint density at radius 2 is 1.87 bits per heavy atom. The number of Topliss-reactive ketones (excluding diaryl/α,β-unsaturated/α-hetero) is 1. The summed E-state index contributed by atoms with van der Waals surface area (Å²) in [7, 11) is 0. The molecule has 1 aliphatic carbocycles. The van der Waals surface area contributed by atoms with Gasteiger partial charge < -0.3 is 15.3 Å². The smallest absolute Gasteiger partial charge is 0.224 e. The van der Waals surface area contributed by atoms with Crippen molar-refractivity contribution in [1.82, 2.24) is 5.32 Å². The van der Waals surface area contributed by atoms with E-state index in [2.05, 4.69) is 10.2 Å². The number of aliphatic hydroxyl groups excluding tert-OH is 1. The first-order valence-corrected chi connectivity index (χ1v) is 10.7. The molecule has 3 rings (SSSR count). The highest BCUT2D eigenvalue weighted by molar-refractivity contribution is 6.27. The Hall–Kier alpha value is -3.25. The normalized spacial score (nSPS) is 14.3. The molecule has 2 N–H and O–H groups in total. The van der Waals surface area contributed by atoms with Crippen LogP contribution in [0.1, 0.15) is 48.2 Å². The summed E-state index contributed by atoms with van der Waals surface area (Å²) in [4.78, 5) is 31.9. The van der Waals surface area contributed by atoms with E-state index in [9.17, 15) is 14.7 Å². The van der Waals surface area contributed by atoms with Crippen LogP contribution in [0.25, 0.3) is 0 Å². The molecule has 0 unspecified atom stereocenters. The molecule has 31 heavy (non-hydrogen) atoms. The molecule has 2 aromatic carbocycles. The number of aryl methyl sites for hydroxylation is 1. The lowest BCUT2D eigenvalue weighted by molar-refractivity contribution is -0.120. The third-order valence-electron chi connectivity index (χ3n) is 5.26. The molecule has 0 aromatic heterocycles. The number of benzene rings is 2. The second-order valence-corrected chi connectivity index (χ2v) is 7.50. The minimum atomic E-state index is -0.200. The second kappa shape index (κ2) is 10.2. The van der Waals surface area contributed by atoms with Crippen molar-refractivity contribution < 1.29 is 14.7 Å². The van der Waals surface area contributed by atoms with E-state index in [1.54, 1.807) is 12.1 Å². The lowest BCUT2D eigenvalue weighted by atomic mass is 9.92. The van der Waals surface area contributed by atoms with Crippen molar-refractivity contribution in [1.29, 1.82) is 0 Å². The molecule has 0 aliphatic heterocycles. The maximum Gasteiger partial charge on any atom is 0.224 e. The SMILES string of the molecule is CCCC(=O)NC1=CC(=Nc2ccc(N(CC)CCO)cc2C)c2ccccc2C1=O. The molecular formula is C25H29N3O3. The fraction of sp³-hybridized carbons (Fsp3) is 0.320. The number of carbonyl (C=O) groups is 2. The highest BCUT2D eigenvalue weighted by Gasteiger charge is 2.25. The fourth-order valence-corrected chi connectivity index (χ4v) is 3.64. The van der Waals surface area contributed by atoms with Gasteiger partial charge in [0.2, 0.25) is 11.7 Å². The summed E-state index contributed by atoms with van der Waals surface area (Å²) >= 11 is 0. The molecule has 0 heterocycles. The van der Waals surface area contributed by atoms with E-state index >= 15 is 0 Å². The molecule has 0 radical (unpaired) electrons. The molecule has 162 valence electrons. The number of fused-ring (bicyclic) bond motifs is 1. The zero-order chi connectivity index (χ0) is 22.4. The van der Waals surface area contributed by atoms with Gasteiger partial charge in [0.15, 0.2) is 0 Å². The lowest BCUT2D eigenvalue weighted by Crippen LogP contribution is -2.31. The molecule has 1 aliphatic rings. The number of hydrogen-bond donors (Lipinski definition) is 2. The lowest BCUT2D eigenvalue weighted by Gasteiger charge is -2.23. The summed E-state index contributed by atoms with van der Waals surface area (Å²) < 4.78 is 0. The van der Waals surface area contributed by atoms with Gasteiger partial charge in [-0.25, -0.2) is 4.99 Å². The number of hydrogen-bond acceptors (Lipinski definition) is 5. The van der Waals surface area contributed by atoms with Gasteiger partial charge in [0.1, 0.15) is 0 Å². The third-order valence-corrected chi connectivity index (χ3v) is 5.26. The molecule has 6 heteroatoms. The number of aliphatic hydroxyl groups is 1. The third kappa shape index (κ3) is 5.09. The summed E-state index contributed by atoms with van der Waals surface area (Å²) in [6.07, 6.45) is 2.73. The average Bonchev–Trinajstić information content (AvgIpc) is 2.76. The minimum absolute atomic E-state index is 0.0963. The van der Waals surface area contributed by atoms with E-state index in [0.29, 0.717) is 30.7 Å². The maximum atomic E-state index is 12.9. The monoisotopic (exact) mass is 419 g/mol. The van der Waals surface area contributed by atoms with Gasteiger partial charge in [-0.3, -0.25) is 9.59 Å². The Morgan fingerprint density at radius 1 is 1.13 bits per heavy atom. The van der Waals surface area contributed by atoms with Gasteiger partial charge >= 0.3 is 0 Å². The van der Waals surface area contributed by atoms with E-state index in [1.165, 1.54) is 0 Å². The number of nitrogens with one attached hydrogen (secondary N) is 1. The summed E-state index contributed by atoms with van der Waals surface area (Å²) in [5.74, 6) is -0.376. The minimum Gasteiger partial charge on any atom is -0.395 e. The van der Waals surface area contributed by atoms with E-state index in [-0.39, 0.29) is 24.0 Å². The Morgan fingerprint density at radius 3 is 2.52 bits per heavy atom. The maximum absolute atomic E-state index is 12.9. The number of amides is 1. The molecule has 2 aromatic rings. The van der Waals surface area contributed by atoms with Gasteiger partial charge in [-0.15, -0.1) is 0 Å². The number of carbonyl (C=O) groups excluding carboxylic acids is 2. The summed E-state index contributed by atoms with van der Waals surface area (Å²) in [5, 5.41) is 12.0. The number of rotatable bonds is 8. The average molecular weight is 420 g/mol. The number of allylic oxidation sites excluding steroid dienone is 2. The van der Waals surface area contributed by atoms with Crippen molar-refractivity contribution in [3.8, 4) is 0 Å². The Balaban J connectivity index is 2.01. The summed E-state index contributed by atoms with van der Waals surface area (Å²) in [6, 6.07) is 13.3. The van der Waals surface area contributed by atoms with Crippen molar-refractivity contribution in [3.05, 3.63) is 70.9 Å². The quantitative estimate of drug-likeness (QED) is 0.679. The topological polar surface area (TPSA) is 82.0 Å². The molecule has 0 spiro atoms. The van der Waals surface area contributed by atoms with Crippen LogP contribution in [0.2, 0.25) is 0 Å². The predicted octanol–water partition coefficient (Wildman–Crippen LogP) is 3.93. The zero-order valence-corrected chi connectivity index (χ0v) is 18.3. The van der Waals surface area contributed by atoms with Crippen molar-refractivity contribution in [2.45, 2.75) is 33.6 Å². The van der Waals surface area contributed by atoms with Crippen molar-refractivity contribution in [2.24, 2.45) is 4.99 Å². The van der Waals surface area contributed by atoms with Crippen LogP contribution in [0.4, 0.5) is 11.4 Å². The first kappa shape index (κ1) is 22.4. The van der Waals surface area contributed by atoms with Crippen molar-refractivity contribution >= 4 is 28.8 Å². The fourth-order valence-electron chi connectivity index (χ4n) is 3.64. The van der Waals surface area contributed by atoms with E-state index in [0.717, 1.165) is 29.0 Å². The summed E-state index contributed by atoms with van der Waals surface area (Å²) in [5.41, 5.74) is 4.98. The zero-order valence-electron chi connectivity index (χ0n) is 18.3. The molecule has 0 saturated heterocycles. The second-order valence-electron chi connectivity index (χ2n) is 7.50. The number of likely N-dealkylation sites (N-methyl/N-ethyl adjacent to an activating group) is 1. The highest BCUT2D eigenvalue weighted by atomic mass is 16.3. The Labute approximate surface area is 183 Å². The van der Waals surface area contributed by atoms with Crippen LogP contribution >= 0.6 is 0 Å². The standard InChI is InChI=1S/C25H29N3O3/c1-4-8-24(30)27-23-16-22(19-9-6-7-10-20(19)25(23)31)26-21-12-11-18(15-17(21)3)28(5-2)13-14-29/h6-7,9-12,15-16,29H,4-5,8,13-14H2,1-3H3,(H,27,30). The Bertz CT molecular complexity index is 1040. The van der Waals surface area contributed by atoms with Crippen LogP contribution in [0.5, 0.6) is 0 Å². The number of aliphatic imine (C=N–C) groups is 1. The van der Waals surface area contributed by atoms with Gasteiger partial charge in [0.25, 0.3) is 0 Å². The van der Waals surface area contributed by atoms with E-state index < -0.39 is 0 Å². The molecular weight excluding hydrogens is 390 g/mol. The summed E-state index contributed by atoms with van der Waals surface area (Å²) in [6.45, 7) is 7.43. The van der Waals surface area contributed by atoms with Gasteiger partial charge in [-0.2, -0.15) is 0 Å². The first-order chi connectivity index (χ1) is 15.0. The molecule has 0 bridgehead atoms. The molecule has 0 atom stereocenters. The van der Waals surface area contributed by atoms with Crippen molar-refractivity contribution in [3.63, 3.8) is 0 Å². The van der Waals surface area contributed by atoms with Gasteiger partial charge in [0, 0.05) is 36.3 Å². The van der Waals surface area contributed by atoms with Crippen LogP contribution in [-0.4, -0.2) is 42.2 Å². The number of anilines is 1. The molecule has 0 fully saturated rings. The molecule has 1 amide bonds. The van der Waals surface area contributed by atoms with Gasteiger partial charge in [-0.05, 0) is 50.1 Å². The van der Waals surface area contributed by atoms with Crippen LogP contribution in [0.3, 0.4) is 0 Å². The molecule has 6 nitrogen and oxygen atoms in total. The predicted molar refractivity (Wildman–Crippen MR) is 124 cm³/mol. The van der Waals surface area contributed by atoms with Gasteiger partial charge in [0.05, 0.1) is 23.7 Å². The van der Waals surface area contributed by atoms with E-state index in [4.69, 9.17) is 4.99 Å². The van der Waals surface area contributed by atoms with Crippen LogP contribution in [0.15, 0.2) is 59.2 Å². The van der Waals surface area contributed by atoms with Gasteiger partial charge in [-0.1, -0.05) is 31.2 Å². The Kier molecular flexibility index (Phi) is 7.36. The van der Waals surface area contributed by atoms with Crippen LogP contribution in [-0.2, 0) is 4.79 Å².